The van der Waals surface area contributed by atoms with Gasteiger partial charge in [-0.2, -0.15) is 0 Å². The molecule has 1 rings (SSSR count). The van der Waals surface area contributed by atoms with Gasteiger partial charge in [-0.25, -0.2) is 18.2 Å². The van der Waals surface area contributed by atoms with Gasteiger partial charge in [0.05, 0.1) is 12.2 Å². The van der Waals surface area contributed by atoms with E-state index in [2.05, 4.69) is 10.3 Å². The quantitative estimate of drug-likeness (QED) is 0.777. The van der Waals surface area contributed by atoms with Crippen LogP contribution in [0.15, 0.2) is 0 Å². The SMILES string of the molecule is Cc1nc(CNC(=O)CS(C)(=O)=O)sc1C(=O)O. The average molecular weight is 292 g/mol. The molecule has 0 aromatic carbocycles. The molecule has 0 aliphatic rings. The Balaban J connectivity index is 2.62. The Labute approximate surface area is 108 Å². The van der Waals surface area contributed by atoms with Gasteiger partial charge in [-0.05, 0) is 6.92 Å². The lowest BCUT2D eigenvalue weighted by Crippen LogP contribution is -2.29. The minimum absolute atomic E-state index is 0.0210. The monoisotopic (exact) mass is 292 g/mol. The Hall–Kier alpha value is -1.48. The number of nitrogens with one attached hydrogen (secondary N) is 1. The molecule has 0 radical (unpaired) electrons. The third-order valence-corrected chi connectivity index (χ3v) is 3.80. The van der Waals surface area contributed by atoms with Gasteiger partial charge in [-0.3, -0.25) is 4.79 Å². The molecule has 0 saturated carbocycles. The first kappa shape index (κ1) is 14.6. The van der Waals surface area contributed by atoms with E-state index in [1.807, 2.05) is 0 Å². The standard InChI is InChI=1S/C9H12N2O5S2/c1-5-8(9(13)14)17-7(11-5)3-10-6(12)4-18(2,15)16/h3-4H2,1-2H3,(H,10,12)(H,13,14). The van der Waals surface area contributed by atoms with Gasteiger partial charge in [0, 0.05) is 6.26 Å². The highest BCUT2D eigenvalue weighted by atomic mass is 32.2. The Morgan fingerprint density at radius 1 is 1.44 bits per heavy atom. The molecule has 1 aromatic heterocycles. The molecule has 0 saturated heterocycles. The molecule has 100 valence electrons. The minimum atomic E-state index is -3.37. The van der Waals surface area contributed by atoms with E-state index in [1.165, 1.54) is 0 Å². The van der Waals surface area contributed by atoms with Crippen molar-refractivity contribution in [2.75, 3.05) is 12.0 Å². The second kappa shape index (κ2) is 5.44. The van der Waals surface area contributed by atoms with Crippen LogP contribution in [0.1, 0.15) is 20.4 Å². The molecule has 1 amide bonds. The summed E-state index contributed by atoms with van der Waals surface area (Å²) in [5.41, 5.74) is 0.375. The Kier molecular flexibility index (Phi) is 4.41. The number of hydrogen-bond acceptors (Lipinski definition) is 6. The molecule has 18 heavy (non-hydrogen) atoms. The van der Waals surface area contributed by atoms with Crippen LogP contribution in [0, 0.1) is 6.92 Å². The van der Waals surface area contributed by atoms with E-state index in [1.54, 1.807) is 6.92 Å². The third-order valence-electron chi connectivity index (χ3n) is 1.87. The van der Waals surface area contributed by atoms with Crippen LogP contribution in [0.5, 0.6) is 0 Å². The molecule has 9 heteroatoms. The third kappa shape index (κ3) is 4.41. The summed E-state index contributed by atoms with van der Waals surface area (Å²) in [6.45, 7) is 1.58. The number of aromatic nitrogens is 1. The zero-order chi connectivity index (χ0) is 13.9. The number of sulfone groups is 1. The topological polar surface area (TPSA) is 113 Å². The summed E-state index contributed by atoms with van der Waals surface area (Å²) >= 11 is 0.953. The first-order valence-electron chi connectivity index (χ1n) is 4.83. The maximum absolute atomic E-state index is 11.2. The lowest BCUT2D eigenvalue weighted by Gasteiger charge is -2.01. The second-order valence-electron chi connectivity index (χ2n) is 3.67. The molecule has 0 fully saturated rings. The smallest absolute Gasteiger partial charge is 0.347 e. The molecule has 0 atom stereocenters. The molecular weight excluding hydrogens is 280 g/mol. The number of carbonyl (C=O) groups excluding carboxylic acids is 1. The van der Waals surface area contributed by atoms with Crippen LogP contribution in [0.4, 0.5) is 0 Å². The molecule has 0 spiro atoms. The van der Waals surface area contributed by atoms with E-state index < -0.39 is 27.5 Å². The molecule has 0 bridgehead atoms. The molecular formula is C9H12N2O5S2. The highest BCUT2D eigenvalue weighted by Gasteiger charge is 2.15. The van der Waals surface area contributed by atoms with E-state index in [0.29, 0.717) is 10.7 Å². The second-order valence-corrected chi connectivity index (χ2v) is 6.90. The number of aromatic carboxylic acids is 1. The molecule has 1 aromatic rings. The fourth-order valence-corrected chi connectivity index (χ4v) is 2.61. The van der Waals surface area contributed by atoms with Crippen LogP contribution in [-0.2, 0) is 21.2 Å². The largest absolute Gasteiger partial charge is 0.477 e. The number of hydrogen-bond donors (Lipinski definition) is 2. The van der Waals surface area contributed by atoms with Gasteiger partial charge in [0.1, 0.15) is 15.6 Å². The summed E-state index contributed by atoms with van der Waals surface area (Å²) in [6, 6.07) is 0. The summed E-state index contributed by atoms with van der Waals surface area (Å²) in [5, 5.41) is 11.6. The zero-order valence-corrected chi connectivity index (χ0v) is 11.4. The summed E-state index contributed by atoms with van der Waals surface area (Å²) in [6.07, 6.45) is 0.961. The van der Waals surface area contributed by atoms with E-state index in [-0.39, 0.29) is 11.4 Å². The van der Waals surface area contributed by atoms with Gasteiger partial charge in [0.15, 0.2) is 9.84 Å². The number of nitrogens with zero attached hydrogens (tertiary/aromatic N) is 1. The van der Waals surface area contributed by atoms with Crippen molar-refractivity contribution in [2.45, 2.75) is 13.5 Å². The van der Waals surface area contributed by atoms with Crippen molar-refractivity contribution < 1.29 is 23.1 Å². The van der Waals surface area contributed by atoms with Crippen molar-refractivity contribution in [1.82, 2.24) is 10.3 Å². The highest BCUT2D eigenvalue weighted by Crippen LogP contribution is 2.17. The summed E-state index contributed by atoms with van der Waals surface area (Å²) in [4.78, 5) is 26.1. The predicted octanol–water partition coefficient (Wildman–Crippen LogP) is -0.189. The molecule has 2 N–H and O–H groups in total. The van der Waals surface area contributed by atoms with Crippen molar-refractivity contribution >= 4 is 33.1 Å². The van der Waals surface area contributed by atoms with Crippen LogP contribution in [-0.4, -0.2) is 42.4 Å². The van der Waals surface area contributed by atoms with Crippen molar-refractivity contribution in [3.8, 4) is 0 Å². The first-order chi connectivity index (χ1) is 8.19. The lowest BCUT2D eigenvalue weighted by molar-refractivity contribution is -0.118. The van der Waals surface area contributed by atoms with Crippen LogP contribution in [0.3, 0.4) is 0 Å². The van der Waals surface area contributed by atoms with Crippen LogP contribution < -0.4 is 5.32 Å². The number of carboxylic acid groups (broad SMARTS) is 1. The number of thiazole rings is 1. The number of rotatable bonds is 5. The number of aryl methyl sites for hydroxylation is 1. The average Bonchev–Trinajstić information content (AvgIpc) is 2.54. The van der Waals surface area contributed by atoms with E-state index in [9.17, 15) is 18.0 Å². The number of carbonyl (C=O) groups is 2. The van der Waals surface area contributed by atoms with E-state index in [0.717, 1.165) is 17.6 Å². The molecule has 1 heterocycles. The van der Waals surface area contributed by atoms with Gasteiger partial charge in [-0.1, -0.05) is 0 Å². The fourth-order valence-electron chi connectivity index (χ4n) is 1.19. The fraction of sp³-hybridized carbons (Fsp3) is 0.444. The number of amides is 1. The van der Waals surface area contributed by atoms with Crippen LogP contribution in [0.2, 0.25) is 0 Å². The molecule has 0 unspecified atom stereocenters. The maximum Gasteiger partial charge on any atom is 0.347 e. The lowest BCUT2D eigenvalue weighted by atomic mass is 10.4. The van der Waals surface area contributed by atoms with Crippen molar-refractivity contribution in [3.63, 3.8) is 0 Å². The highest BCUT2D eigenvalue weighted by molar-refractivity contribution is 7.91. The molecule has 7 nitrogen and oxygen atoms in total. The Morgan fingerprint density at radius 2 is 2.06 bits per heavy atom. The normalized spacial score (nSPS) is 11.2. The van der Waals surface area contributed by atoms with Crippen LogP contribution in [0.25, 0.3) is 0 Å². The van der Waals surface area contributed by atoms with Crippen molar-refractivity contribution in [1.29, 1.82) is 0 Å². The maximum atomic E-state index is 11.2. The van der Waals surface area contributed by atoms with Gasteiger partial charge < -0.3 is 10.4 Å². The van der Waals surface area contributed by atoms with Crippen molar-refractivity contribution in [2.24, 2.45) is 0 Å². The minimum Gasteiger partial charge on any atom is -0.477 e. The van der Waals surface area contributed by atoms with Crippen molar-refractivity contribution in [3.05, 3.63) is 15.6 Å². The number of carboxylic acids is 1. The predicted molar refractivity (Wildman–Crippen MR) is 65.4 cm³/mol. The molecule has 0 aliphatic carbocycles. The first-order valence-corrected chi connectivity index (χ1v) is 7.71. The van der Waals surface area contributed by atoms with E-state index in [4.69, 9.17) is 5.11 Å². The van der Waals surface area contributed by atoms with Gasteiger partial charge in [0.25, 0.3) is 0 Å². The van der Waals surface area contributed by atoms with Crippen LogP contribution >= 0.6 is 11.3 Å². The summed E-state index contributed by atoms with van der Waals surface area (Å²) in [7, 11) is -3.37. The molecule has 0 aliphatic heterocycles. The van der Waals surface area contributed by atoms with Gasteiger partial charge in [-0.15, -0.1) is 11.3 Å². The van der Waals surface area contributed by atoms with Gasteiger partial charge in [0.2, 0.25) is 5.91 Å². The summed E-state index contributed by atoms with van der Waals surface area (Å²) < 4.78 is 21.7. The zero-order valence-electron chi connectivity index (χ0n) is 9.76. The van der Waals surface area contributed by atoms with Gasteiger partial charge >= 0.3 is 5.97 Å². The summed E-state index contributed by atoms with van der Waals surface area (Å²) in [5.74, 6) is -2.30. The Bertz CT molecular complexity index is 576. The Morgan fingerprint density at radius 3 is 2.50 bits per heavy atom. The van der Waals surface area contributed by atoms with E-state index >= 15 is 0 Å².